The number of benzene rings is 2. The number of nitrogens with zero attached hydrogens (tertiary/aromatic N) is 2. The van der Waals surface area contributed by atoms with Crippen LogP contribution in [-0.4, -0.2) is 68.2 Å². The Bertz CT molecular complexity index is 1160. The van der Waals surface area contributed by atoms with Crippen molar-refractivity contribution >= 4 is 23.5 Å². The lowest BCUT2D eigenvalue weighted by atomic mass is 9.88. The van der Waals surface area contributed by atoms with Gasteiger partial charge in [-0.3, -0.25) is 14.9 Å². The van der Waals surface area contributed by atoms with Crippen LogP contribution in [0.3, 0.4) is 0 Å². The molecule has 37 heavy (non-hydrogen) atoms. The van der Waals surface area contributed by atoms with E-state index in [0.717, 1.165) is 11.6 Å². The lowest BCUT2D eigenvalue weighted by molar-refractivity contribution is -0.139. The monoisotopic (exact) mass is 516 g/mol. The van der Waals surface area contributed by atoms with Gasteiger partial charge in [-0.05, 0) is 18.9 Å². The second kappa shape index (κ2) is 11.1. The summed E-state index contributed by atoms with van der Waals surface area (Å²) in [4.78, 5) is 41.2. The van der Waals surface area contributed by atoms with E-state index in [1.54, 1.807) is 11.8 Å². The molecule has 2 aliphatic rings. The first-order valence-electron chi connectivity index (χ1n) is 12.0. The van der Waals surface area contributed by atoms with Crippen LogP contribution in [0.25, 0.3) is 0 Å². The van der Waals surface area contributed by atoms with Gasteiger partial charge in [-0.1, -0.05) is 30.3 Å². The van der Waals surface area contributed by atoms with E-state index in [1.807, 2.05) is 35.2 Å². The molecule has 2 aromatic rings. The van der Waals surface area contributed by atoms with Gasteiger partial charge in [0.15, 0.2) is 11.6 Å². The molecule has 0 bridgehead atoms. The topological polar surface area (TPSA) is 100 Å². The number of halogens is 2. The molecule has 2 aromatic carbocycles. The van der Waals surface area contributed by atoms with Gasteiger partial charge < -0.3 is 24.6 Å². The number of imide groups is 1. The number of nitrogens with one attached hydrogen (secondary N) is 2. The molecule has 0 radical (unpaired) electrons. The van der Waals surface area contributed by atoms with E-state index in [2.05, 4.69) is 10.6 Å². The molecule has 2 unspecified atom stereocenters. The fourth-order valence-corrected chi connectivity index (χ4v) is 4.65. The van der Waals surface area contributed by atoms with Gasteiger partial charge in [0.1, 0.15) is 5.54 Å². The third-order valence-electron chi connectivity index (χ3n) is 6.71. The van der Waals surface area contributed by atoms with Gasteiger partial charge in [-0.15, -0.1) is 0 Å². The molecule has 2 heterocycles. The molecular formula is C26H30F2N4O5. The standard InChI is InChI=1S/C26H30F2N4O5/c1-26(24(34)29-25(35)30-26)14-18(16-37-15-17-6-4-3-5-7-17)23(33)32-10-8-31(9-11-32)19-12-20(27)22(28)21(13-19)36-2/h3-7,12-13,18H,8-11,14-16H2,1-2H3,(H2,29,30,34,35). The Balaban J connectivity index is 1.43. The first kappa shape index (κ1) is 26.3. The van der Waals surface area contributed by atoms with Gasteiger partial charge in [-0.2, -0.15) is 4.39 Å². The molecule has 4 amide bonds. The minimum atomic E-state index is -1.24. The quantitative estimate of drug-likeness (QED) is 0.497. The normalized spacial score (nSPS) is 20.4. The molecule has 0 spiro atoms. The molecule has 9 nitrogen and oxygen atoms in total. The number of hydrogen-bond acceptors (Lipinski definition) is 6. The van der Waals surface area contributed by atoms with Crippen LogP contribution < -0.4 is 20.3 Å². The van der Waals surface area contributed by atoms with Crippen molar-refractivity contribution in [2.24, 2.45) is 5.92 Å². The summed E-state index contributed by atoms with van der Waals surface area (Å²) < 4.78 is 38.6. The van der Waals surface area contributed by atoms with Gasteiger partial charge in [0.05, 0.1) is 26.2 Å². The van der Waals surface area contributed by atoms with E-state index in [0.29, 0.717) is 38.5 Å². The van der Waals surface area contributed by atoms with Crippen LogP contribution in [0.5, 0.6) is 5.75 Å². The van der Waals surface area contributed by atoms with E-state index in [-0.39, 0.29) is 24.7 Å². The number of hydrogen-bond donors (Lipinski definition) is 2. The third kappa shape index (κ3) is 5.99. The molecular weight excluding hydrogens is 486 g/mol. The van der Waals surface area contributed by atoms with E-state index in [1.165, 1.54) is 13.2 Å². The zero-order valence-electron chi connectivity index (χ0n) is 20.8. The average molecular weight is 517 g/mol. The summed E-state index contributed by atoms with van der Waals surface area (Å²) in [7, 11) is 1.27. The lowest BCUT2D eigenvalue weighted by Gasteiger charge is -2.38. The van der Waals surface area contributed by atoms with E-state index >= 15 is 0 Å². The summed E-state index contributed by atoms with van der Waals surface area (Å²) in [5.41, 5.74) is 0.170. The molecule has 198 valence electrons. The number of methoxy groups -OCH3 is 1. The van der Waals surface area contributed by atoms with Crippen molar-refractivity contribution in [1.82, 2.24) is 15.5 Å². The van der Waals surface area contributed by atoms with E-state index < -0.39 is 35.0 Å². The number of carbonyl (C=O) groups is 3. The number of amides is 4. The summed E-state index contributed by atoms with van der Waals surface area (Å²) >= 11 is 0. The highest BCUT2D eigenvalue weighted by molar-refractivity contribution is 6.07. The molecule has 11 heteroatoms. The Kier molecular flexibility index (Phi) is 7.91. The van der Waals surface area contributed by atoms with Crippen molar-refractivity contribution in [3.63, 3.8) is 0 Å². The van der Waals surface area contributed by atoms with Crippen molar-refractivity contribution in [2.75, 3.05) is 44.8 Å². The zero-order valence-corrected chi connectivity index (χ0v) is 20.8. The summed E-state index contributed by atoms with van der Waals surface area (Å²) in [6.45, 7) is 3.41. The smallest absolute Gasteiger partial charge is 0.322 e. The molecule has 0 saturated carbocycles. The van der Waals surface area contributed by atoms with Crippen LogP contribution in [0, 0.1) is 17.6 Å². The summed E-state index contributed by atoms with van der Waals surface area (Å²) in [6.07, 6.45) is 0.0682. The average Bonchev–Trinajstić information content (AvgIpc) is 3.15. The Morgan fingerprint density at radius 3 is 2.43 bits per heavy atom. The molecule has 2 aliphatic heterocycles. The maximum atomic E-state index is 14.0. The number of ether oxygens (including phenoxy) is 2. The Morgan fingerprint density at radius 1 is 1.11 bits per heavy atom. The summed E-state index contributed by atoms with van der Waals surface area (Å²) in [5.74, 6) is -3.62. The number of urea groups is 1. The predicted molar refractivity (Wildman–Crippen MR) is 131 cm³/mol. The number of rotatable bonds is 9. The Hall–Kier alpha value is -3.73. The zero-order chi connectivity index (χ0) is 26.6. The number of anilines is 1. The summed E-state index contributed by atoms with van der Waals surface area (Å²) in [5, 5.41) is 4.84. The Labute approximate surface area is 213 Å². The van der Waals surface area contributed by atoms with Crippen LogP contribution in [0.1, 0.15) is 18.9 Å². The molecule has 2 saturated heterocycles. The maximum absolute atomic E-state index is 14.0. The fourth-order valence-electron chi connectivity index (χ4n) is 4.65. The fraction of sp³-hybridized carbons (Fsp3) is 0.423. The minimum absolute atomic E-state index is 0.0626. The van der Waals surface area contributed by atoms with Crippen molar-refractivity contribution < 1.29 is 32.6 Å². The number of carbonyl (C=O) groups excluding carboxylic acids is 3. The molecule has 0 aliphatic carbocycles. The molecule has 0 aromatic heterocycles. The molecule has 2 N–H and O–H groups in total. The van der Waals surface area contributed by atoms with Crippen molar-refractivity contribution in [3.05, 3.63) is 59.7 Å². The minimum Gasteiger partial charge on any atom is -0.493 e. The van der Waals surface area contributed by atoms with Crippen LogP contribution in [0.2, 0.25) is 0 Å². The predicted octanol–water partition coefficient (Wildman–Crippen LogP) is 2.44. The van der Waals surface area contributed by atoms with Crippen LogP contribution in [0.4, 0.5) is 19.3 Å². The second-order valence-corrected chi connectivity index (χ2v) is 9.40. The summed E-state index contributed by atoms with van der Waals surface area (Å²) in [6, 6.07) is 11.4. The third-order valence-corrected chi connectivity index (χ3v) is 6.71. The molecule has 2 atom stereocenters. The highest BCUT2D eigenvalue weighted by Gasteiger charge is 2.45. The van der Waals surface area contributed by atoms with Gasteiger partial charge in [0.2, 0.25) is 11.7 Å². The molecule has 2 fully saturated rings. The van der Waals surface area contributed by atoms with Gasteiger partial charge in [-0.25, -0.2) is 9.18 Å². The lowest BCUT2D eigenvalue weighted by Crippen LogP contribution is -2.53. The van der Waals surface area contributed by atoms with Gasteiger partial charge >= 0.3 is 6.03 Å². The van der Waals surface area contributed by atoms with Gasteiger partial charge in [0, 0.05) is 44.0 Å². The SMILES string of the molecule is COc1cc(N2CCN(C(=O)C(COCc3ccccc3)CC3(C)NC(=O)NC3=O)CC2)cc(F)c1F. The Morgan fingerprint density at radius 2 is 1.81 bits per heavy atom. The second-order valence-electron chi connectivity index (χ2n) is 9.40. The largest absolute Gasteiger partial charge is 0.493 e. The highest BCUT2D eigenvalue weighted by Crippen LogP contribution is 2.29. The van der Waals surface area contributed by atoms with Gasteiger partial charge in [0.25, 0.3) is 5.91 Å². The van der Waals surface area contributed by atoms with Crippen molar-refractivity contribution in [2.45, 2.75) is 25.5 Å². The van der Waals surface area contributed by atoms with Crippen LogP contribution in [-0.2, 0) is 20.9 Å². The van der Waals surface area contributed by atoms with Crippen LogP contribution in [0.15, 0.2) is 42.5 Å². The first-order valence-corrected chi connectivity index (χ1v) is 12.0. The molecule has 4 rings (SSSR count). The van der Waals surface area contributed by atoms with E-state index in [4.69, 9.17) is 9.47 Å². The van der Waals surface area contributed by atoms with Crippen LogP contribution >= 0.6 is 0 Å². The van der Waals surface area contributed by atoms with E-state index in [9.17, 15) is 23.2 Å². The number of piperazine rings is 1. The maximum Gasteiger partial charge on any atom is 0.322 e. The van der Waals surface area contributed by atoms with Crippen molar-refractivity contribution in [1.29, 1.82) is 0 Å². The van der Waals surface area contributed by atoms with Crippen molar-refractivity contribution in [3.8, 4) is 5.75 Å². The highest BCUT2D eigenvalue weighted by atomic mass is 19.2. The first-order chi connectivity index (χ1) is 17.7.